The molecule has 0 aromatic heterocycles. The first kappa shape index (κ1) is 9.69. The molecule has 1 unspecified atom stereocenters. The fraction of sp³-hybridized carbons (Fsp3) is 0.500. The third kappa shape index (κ3) is 1.56. The summed E-state index contributed by atoms with van der Waals surface area (Å²) in [5.41, 5.74) is 2.61. The van der Waals surface area contributed by atoms with Crippen LogP contribution < -0.4 is 5.32 Å². The summed E-state index contributed by atoms with van der Waals surface area (Å²) in [6, 6.07) is 8.50. The highest BCUT2D eigenvalue weighted by Gasteiger charge is 2.34. The lowest BCUT2D eigenvalue weighted by atomic mass is 9.91. The molecule has 0 radical (unpaired) electrons. The molecule has 76 valence electrons. The maximum atomic E-state index is 5.87. The van der Waals surface area contributed by atoms with Gasteiger partial charge in [0.15, 0.2) is 0 Å². The Morgan fingerprint density at radius 3 is 3.00 bits per heavy atom. The topological polar surface area (TPSA) is 21.3 Å². The molecule has 1 aliphatic heterocycles. The first-order valence-corrected chi connectivity index (χ1v) is 5.13. The van der Waals surface area contributed by atoms with Gasteiger partial charge in [-0.1, -0.05) is 24.3 Å². The van der Waals surface area contributed by atoms with Crippen molar-refractivity contribution in [3.63, 3.8) is 0 Å². The van der Waals surface area contributed by atoms with E-state index in [0.29, 0.717) is 0 Å². The minimum absolute atomic E-state index is 0.0837. The quantitative estimate of drug-likeness (QED) is 0.789. The normalized spacial score (nSPS) is 25.0. The molecule has 1 aliphatic rings. The van der Waals surface area contributed by atoms with Gasteiger partial charge in [-0.05, 0) is 38.1 Å². The van der Waals surface area contributed by atoms with Crippen molar-refractivity contribution in [2.24, 2.45) is 0 Å². The second-order valence-corrected chi connectivity index (χ2v) is 4.03. The van der Waals surface area contributed by atoms with E-state index in [4.69, 9.17) is 4.74 Å². The van der Waals surface area contributed by atoms with Gasteiger partial charge in [0, 0.05) is 0 Å². The molecule has 2 rings (SSSR count). The van der Waals surface area contributed by atoms with Crippen molar-refractivity contribution in [1.82, 2.24) is 5.32 Å². The largest absolute Gasteiger partial charge is 0.366 e. The molecular weight excluding hydrogens is 174 g/mol. The van der Waals surface area contributed by atoms with E-state index in [2.05, 4.69) is 36.5 Å². The summed E-state index contributed by atoms with van der Waals surface area (Å²) in [5, 5.41) is 3.17. The minimum atomic E-state index is -0.0837. The van der Waals surface area contributed by atoms with Crippen LogP contribution >= 0.6 is 0 Å². The van der Waals surface area contributed by atoms with Gasteiger partial charge >= 0.3 is 0 Å². The van der Waals surface area contributed by atoms with Crippen LogP contribution in [0, 0.1) is 0 Å². The van der Waals surface area contributed by atoms with Gasteiger partial charge in [0.05, 0.1) is 12.2 Å². The molecule has 14 heavy (non-hydrogen) atoms. The fourth-order valence-electron chi connectivity index (χ4n) is 2.05. The Morgan fingerprint density at radius 1 is 1.43 bits per heavy atom. The average Bonchev–Trinajstić information content (AvgIpc) is 2.55. The van der Waals surface area contributed by atoms with Crippen molar-refractivity contribution in [2.75, 3.05) is 13.6 Å². The predicted octanol–water partition coefficient (Wildman–Crippen LogP) is 2.04. The van der Waals surface area contributed by atoms with Crippen molar-refractivity contribution < 1.29 is 4.74 Å². The van der Waals surface area contributed by atoms with E-state index in [1.165, 1.54) is 11.1 Å². The van der Waals surface area contributed by atoms with Crippen LogP contribution in [0.25, 0.3) is 0 Å². The number of nitrogens with one attached hydrogen (secondary N) is 1. The second-order valence-electron chi connectivity index (χ2n) is 4.03. The summed E-state index contributed by atoms with van der Waals surface area (Å²) in [7, 11) is 1.98. The Kier molecular flexibility index (Phi) is 2.57. The number of benzene rings is 1. The Bertz CT molecular complexity index is 324. The SMILES string of the molecule is CNCCC1(C)OCc2ccccc21. The van der Waals surface area contributed by atoms with Crippen LogP contribution in [0.1, 0.15) is 24.5 Å². The Morgan fingerprint density at radius 2 is 2.21 bits per heavy atom. The number of fused-ring (bicyclic) bond motifs is 1. The van der Waals surface area contributed by atoms with Crippen molar-refractivity contribution >= 4 is 0 Å². The van der Waals surface area contributed by atoms with E-state index >= 15 is 0 Å². The lowest BCUT2D eigenvalue weighted by molar-refractivity contribution is -0.0287. The molecule has 2 nitrogen and oxygen atoms in total. The predicted molar refractivity (Wildman–Crippen MR) is 57.1 cm³/mol. The molecule has 1 heterocycles. The first-order chi connectivity index (χ1) is 6.76. The van der Waals surface area contributed by atoms with Gasteiger partial charge in [0.2, 0.25) is 0 Å². The summed E-state index contributed by atoms with van der Waals surface area (Å²) < 4.78 is 5.87. The van der Waals surface area contributed by atoms with Crippen LogP contribution in [0.3, 0.4) is 0 Å². The van der Waals surface area contributed by atoms with Crippen molar-refractivity contribution in [3.8, 4) is 0 Å². The Labute approximate surface area is 85.3 Å². The Hall–Kier alpha value is -0.860. The van der Waals surface area contributed by atoms with Crippen LogP contribution in [0.15, 0.2) is 24.3 Å². The molecule has 0 fully saturated rings. The monoisotopic (exact) mass is 191 g/mol. The minimum Gasteiger partial charge on any atom is -0.366 e. The van der Waals surface area contributed by atoms with E-state index < -0.39 is 0 Å². The van der Waals surface area contributed by atoms with Crippen LogP contribution in [-0.4, -0.2) is 13.6 Å². The lowest BCUT2D eigenvalue weighted by Gasteiger charge is -2.24. The van der Waals surface area contributed by atoms with Gasteiger partial charge in [-0.3, -0.25) is 0 Å². The van der Waals surface area contributed by atoms with Gasteiger partial charge in [-0.15, -0.1) is 0 Å². The zero-order valence-corrected chi connectivity index (χ0v) is 8.84. The highest BCUT2D eigenvalue weighted by molar-refractivity contribution is 5.34. The fourth-order valence-corrected chi connectivity index (χ4v) is 2.05. The summed E-state index contributed by atoms with van der Waals surface area (Å²) in [6.07, 6.45) is 1.03. The maximum Gasteiger partial charge on any atom is 0.0923 e. The summed E-state index contributed by atoms with van der Waals surface area (Å²) in [6.45, 7) is 3.93. The van der Waals surface area contributed by atoms with E-state index in [-0.39, 0.29) is 5.60 Å². The molecule has 1 atom stereocenters. The standard InChI is InChI=1S/C12H17NO/c1-12(7-8-13-2)11-6-4-3-5-10(11)9-14-12/h3-6,13H,7-9H2,1-2H3. The first-order valence-electron chi connectivity index (χ1n) is 5.13. The van der Waals surface area contributed by atoms with Gasteiger partial charge < -0.3 is 10.1 Å². The van der Waals surface area contributed by atoms with E-state index in [1.807, 2.05) is 7.05 Å². The second kappa shape index (κ2) is 3.71. The van der Waals surface area contributed by atoms with Crippen LogP contribution in [0.4, 0.5) is 0 Å². The van der Waals surface area contributed by atoms with Crippen molar-refractivity contribution in [2.45, 2.75) is 25.6 Å². The lowest BCUT2D eigenvalue weighted by Crippen LogP contribution is -2.25. The summed E-state index contributed by atoms with van der Waals surface area (Å²) in [4.78, 5) is 0. The molecule has 1 aromatic carbocycles. The van der Waals surface area contributed by atoms with Crippen LogP contribution in [0.2, 0.25) is 0 Å². The Balaban J connectivity index is 2.23. The summed E-state index contributed by atoms with van der Waals surface area (Å²) in [5.74, 6) is 0. The zero-order chi connectivity index (χ0) is 10.0. The molecular formula is C12H17NO. The molecule has 0 bridgehead atoms. The number of hydrogen-bond acceptors (Lipinski definition) is 2. The smallest absolute Gasteiger partial charge is 0.0923 e. The van der Waals surface area contributed by atoms with E-state index in [1.54, 1.807) is 0 Å². The highest BCUT2D eigenvalue weighted by atomic mass is 16.5. The van der Waals surface area contributed by atoms with Crippen LogP contribution in [-0.2, 0) is 16.9 Å². The molecule has 0 aliphatic carbocycles. The molecule has 1 aromatic rings. The highest BCUT2D eigenvalue weighted by Crippen LogP contribution is 2.38. The van der Waals surface area contributed by atoms with Crippen molar-refractivity contribution in [1.29, 1.82) is 0 Å². The van der Waals surface area contributed by atoms with Gasteiger partial charge in [-0.25, -0.2) is 0 Å². The molecule has 1 N–H and O–H groups in total. The third-order valence-corrected chi connectivity index (χ3v) is 2.99. The van der Waals surface area contributed by atoms with Gasteiger partial charge in [-0.2, -0.15) is 0 Å². The van der Waals surface area contributed by atoms with Gasteiger partial charge in [0.1, 0.15) is 0 Å². The number of hydrogen-bond donors (Lipinski definition) is 1. The van der Waals surface area contributed by atoms with E-state index in [9.17, 15) is 0 Å². The molecule has 2 heteroatoms. The maximum absolute atomic E-state index is 5.87. The number of rotatable bonds is 3. The average molecular weight is 191 g/mol. The van der Waals surface area contributed by atoms with Gasteiger partial charge in [0.25, 0.3) is 0 Å². The van der Waals surface area contributed by atoms with E-state index in [0.717, 1.165) is 19.6 Å². The van der Waals surface area contributed by atoms with Crippen molar-refractivity contribution in [3.05, 3.63) is 35.4 Å². The summed E-state index contributed by atoms with van der Waals surface area (Å²) >= 11 is 0. The molecule has 0 spiro atoms. The molecule has 0 saturated heterocycles. The molecule has 0 amide bonds. The zero-order valence-electron chi connectivity index (χ0n) is 8.84. The third-order valence-electron chi connectivity index (χ3n) is 2.99. The van der Waals surface area contributed by atoms with Crippen LogP contribution in [0.5, 0.6) is 0 Å². The molecule has 0 saturated carbocycles. The number of ether oxygens (including phenoxy) is 1.